The molecule has 0 radical (unpaired) electrons. The quantitative estimate of drug-likeness (QED) is 0.175. The Morgan fingerprint density at radius 2 is 0.565 bits per heavy atom. The molecule has 6 nitrogen and oxygen atoms in total. The van der Waals surface area contributed by atoms with E-state index in [9.17, 15) is 0 Å². The second-order valence-electron chi connectivity index (χ2n) is 21.7. The molecule has 2 heterocycles. The van der Waals surface area contributed by atoms with Gasteiger partial charge in [-0.15, -0.1) is 0 Å². The SMILES string of the molecule is Cc1cc(C(C)(C)C)c2op(Oc3ccccc3Op3oc4c(C(C)(C)C)cc(C)c(C)c4c4c(C)c(C)cc(C(C)(C)C)c4o3)oc3c(C(C)(C)C)cc(C)c(C)c3c2c1C. The third-order valence-electron chi connectivity index (χ3n) is 12.8. The smallest absolute Gasteiger partial charge is 0.390 e. The zero-order valence-electron chi connectivity index (χ0n) is 41.0. The second-order valence-corrected chi connectivity index (χ2v) is 23.7. The van der Waals surface area contributed by atoms with Gasteiger partial charge in [0.05, 0.1) is 0 Å². The lowest BCUT2D eigenvalue weighted by Gasteiger charge is -2.23. The van der Waals surface area contributed by atoms with Crippen molar-refractivity contribution in [3.05, 3.63) is 115 Å². The summed E-state index contributed by atoms with van der Waals surface area (Å²) in [7, 11) is -4.12. The van der Waals surface area contributed by atoms with Gasteiger partial charge in [-0.25, -0.2) is 0 Å². The van der Waals surface area contributed by atoms with E-state index in [0.717, 1.165) is 88.4 Å². The largest absolute Gasteiger partial charge is 0.453 e. The Kier molecular flexibility index (Phi) is 11.5. The Bertz CT molecular complexity index is 2640. The van der Waals surface area contributed by atoms with E-state index in [1.54, 1.807) is 0 Å². The third kappa shape index (κ3) is 8.12. The molecular weight excluding hydrogens is 807 g/mol. The molecule has 330 valence electrons. The van der Waals surface area contributed by atoms with E-state index in [1.165, 1.54) is 22.3 Å². The minimum atomic E-state index is -2.06. The van der Waals surface area contributed by atoms with Crippen LogP contribution in [0.25, 0.3) is 43.9 Å². The number of rotatable bonds is 4. The number of aryl methyl sites for hydroxylation is 8. The highest BCUT2D eigenvalue weighted by atomic mass is 31.1. The van der Waals surface area contributed by atoms with E-state index in [4.69, 9.17) is 25.8 Å². The molecule has 0 saturated heterocycles. The fourth-order valence-electron chi connectivity index (χ4n) is 8.55. The first-order valence-electron chi connectivity index (χ1n) is 22.0. The van der Waals surface area contributed by atoms with E-state index in [-0.39, 0.29) is 21.7 Å². The Labute approximate surface area is 371 Å². The lowest BCUT2D eigenvalue weighted by molar-refractivity contribution is 0.451. The molecule has 0 bridgehead atoms. The summed E-state index contributed by atoms with van der Waals surface area (Å²) in [5, 5.41) is 4.26. The molecule has 0 N–H and O–H groups in total. The molecule has 2 aromatic heterocycles. The summed E-state index contributed by atoms with van der Waals surface area (Å²) in [5.41, 5.74) is 16.2. The minimum absolute atomic E-state index is 0.228. The van der Waals surface area contributed by atoms with Gasteiger partial charge in [-0.1, -0.05) is 119 Å². The molecule has 0 spiro atoms. The molecule has 0 aliphatic heterocycles. The van der Waals surface area contributed by atoms with E-state index < -0.39 is 16.5 Å². The van der Waals surface area contributed by atoms with Crippen LogP contribution in [0.4, 0.5) is 0 Å². The first-order valence-corrected chi connectivity index (χ1v) is 24.1. The highest BCUT2D eigenvalue weighted by molar-refractivity contribution is 7.32. The van der Waals surface area contributed by atoms with Crippen LogP contribution in [-0.4, -0.2) is 0 Å². The van der Waals surface area contributed by atoms with Gasteiger partial charge in [-0.2, -0.15) is 0 Å². The van der Waals surface area contributed by atoms with Gasteiger partial charge in [0.2, 0.25) is 0 Å². The van der Waals surface area contributed by atoms with Crippen molar-refractivity contribution >= 4 is 60.4 Å². The zero-order chi connectivity index (χ0) is 45.8. The molecule has 0 aliphatic rings. The van der Waals surface area contributed by atoms with Crippen molar-refractivity contribution in [1.29, 1.82) is 0 Å². The van der Waals surface area contributed by atoms with Crippen molar-refractivity contribution in [2.24, 2.45) is 0 Å². The van der Waals surface area contributed by atoms with E-state index in [0.29, 0.717) is 11.5 Å². The van der Waals surface area contributed by atoms with Crippen LogP contribution in [0.5, 0.6) is 11.5 Å². The molecule has 8 heteroatoms. The Morgan fingerprint density at radius 1 is 0.355 bits per heavy atom. The van der Waals surface area contributed by atoms with Crippen LogP contribution < -0.4 is 9.05 Å². The topological polar surface area (TPSA) is 71.0 Å². The van der Waals surface area contributed by atoms with Crippen LogP contribution in [0.3, 0.4) is 0 Å². The average Bonchev–Trinajstić information content (AvgIpc) is 3.42. The predicted octanol–water partition coefficient (Wildman–Crippen LogP) is 18.2. The predicted molar refractivity (Wildman–Crippen MR) is 264 cm³/mol. The Balaban J connectivity index is 1.56. The average molecular weight is 875 g/mol. The van der Waals surface area contributed by atoms with Gasteiger partial charge >= 0.3 is 16.5 Å². The van der Waals surface area contributed by atoms with Crippen LogP contribution >= 0.6 is 16.5 Å². The van der Waals surface area contributed by atoms with Crippen molar-refractivity contribution in [3.8, 4) is 11.5 Å². The van der Waals surface area contributed by atoms with Crippen LogP contribution in [0.15, 0.2) is 65.3 Å². The van der Waals surface area contributed by atoms with Gasteiger partial charge < -0.3 is 25.8 Å². The van der Waals surface area contributed by atoms with Gasteiger partial charge in [-0.05, 0) is 134 Å². The molecule has 0 atom stereocenters. The van der Waals surface area contributed by atoms with E-state index >= 15 is 0 Å². The molecule has 0 unspecified atom stereocenters. The summed E-state index contributed by atoms with van der Waals surface area (Å²) in [5.74, 6) is 0.940. The molecule has 0 amide bonds. The lowest BCUT2D eigenvalue weighted by Crippen LogP contribution is -2.13. The van der Waals surface area contributed by atoms with Crippen LogP contribution in [0.2, 0.25) is 0 Å². The molecular formula is C54H68O6P2. The molecule has 0 saturated carbocycles. The maximum absolute atomic E-state index is 7.12. The zero-order valence-corrected chi connectivity index (χ0v) is 42.8. The summed E-state index contributed by atoms with van der Waals surface area (Å²) in [4.78, 5) is 0. The number of para-hydroxylation sites is 2. The lowest BCUT2D eigenvalue weighted by atomic mass is 9.81. The number of benzene rings is 5. The fraction of sp³-hybridized carbons (Fsp3) is 0.444. The van der Waals surface area contributed by atoms with E-state index in [2.05, 4.69) is 163 Å². The second kappa shape index (κ2) is 15.6. The van der Waals surface area contributed by atoms with Gasteiger partial charge in [-0.3, -0.25) is 0 Å². The monoisotopic (exact) mass is 874 g/mol. The number of hydrogen-bond donors (Lipinski definition) is 0. The number of fused-ring (bicyclic) bond motifs is 6. The number of hydrogen-bond acceptors (Lipinski definition) is 6. The van der Waals surface area contributed by atoms with Crippen LogP contribution in [0.1, 0.15) is 150 Å². The molecule has 7 aromatic rings. The van der Waals surface area contributed by atoms with Crippen molar-refractivity contribution in [3.63, 3.8) is 0 Å². The van der Waals surface area contributed by atoms with Gasteiger partial charge in [0, 0.05) is 43.8 Å². The molecule has 62 heavy (non-hydrogen) atoms. The van der Waals surface area contributed by atoms with Crippen LogP contribution in [0, 0.1) is 55.4 Å². The van der Waals surface area contributed by atoms with Crippen molar-refractivity contribution < 1.29 is 25.8 Å². The molecule has 7 rings (SSSR count). The third-order valence-corrected chi connectivity index (χ3v) is 14.8. The fourth-order valence-corrected chi connectivity index (χ4v) is 10.8. The van der Waals surface area contributed by atoms with Crippen molar-refractivity contribution in [2.75, 3.05) is 0 Å². The highest BCUT2D eigenvalue weighted by Gasteiger charge is 2.30. The summed E-state index contributed by atoms with van der Waals surface area (Å²) in [6.07, 6.45) is 0. The van der Waals surface area contributed by atoms with Gasteiger partial charge in [0.15, 0.2) is 11.5 Å². The van der Waals surface area contributed by atoms with Gasteiger partial charge in [0.25, 0.3) is 0 Å². The Morgan fingerprint density at radius 3 is 0.758 bits per heavy atom. The van der Waals surface area contributed by atoms with Gasteiger partial charge in [0.1, 0.15) is 22.3 Å². The minimum Gasteiger partial charge on any atom is -0.390 e. The van der Waals surface area contributed by atoms with Crippen molar-refractivity contribution in [1.82, 2.24) is 0 Å². The first kappa shape index (κ1) is 45.5. The van der Waals surface area contributed by atoms with Crippen molar-refractivity contribution in [2.45, 2.75) is 160 Å². The standard InChI is InChI=1S/C54H68O6P2/c1-29-25-37(51(9,10)11)47-43(33(29)5)44-34(6)30(2)26-38(52(12,13)14)48(44)58-61(57-47)55-41-23-21-22-24-42(41)56-62-59-49-39(53(15,16)17)27-31(3)35(7)45(49)46-36(8)32(4)28-40(50(46)60-62)54(18,19)20/h21-28H,1-20H3. The molecule has 0 fully saturated rings. The maximum atomic E-state index is 7.12. The maximum Gasteiger partial charge on any atom is 0.453 e. The summed E-state index contributed by atoms with van der Waals surface area (Å²) < 4.78 is 42.5. The Hall–Kier alpha value is -4.50. The van der Waals surface area contributed by atoms with E-state index in [1.807, 2.05) is 24.3 Å². The summed E-state index contributed by atoms with van der Waals surface area (Å²) >= 11 is 0. The van der Waals surface area contributed by atoms with Crippen LogP contribution in [-0.2, 0) is 21.7 Å². The normalized spacial score (nSPS) is 12.8. The molecule has 0 aliphatic carbocycles. The first-order chi connectivity index (χ1) is 28.6. The molecule has 5 aromatic carbocycles. The highest BCUT2D eigenvalue weighted by Crippen LogP contribution is 2.50. The summed E-state index contributed by atoms with van der Waals surface area (Å²) in [6.45, 7) is 44.3. The summed E-state index contributed by atoms with van der Waals surface area (Å²) in [6, 6.07) is 16.8.